The quantitative estimate of drug-likeness (QED) is 0.0196. The van der Waals surface area contributed by atoms with Crippen molar-refractivity contribution in [3.63, 3.8) is 0 Å². The molecule has 19 atom stereocenters. The minimum absolute atomic E-state index is 0.343. The van der Waals surface area contributed by atoms with Gasteiger partial charge in [-0.3, -0.25) is 4.79 Å². The van der Waals surface area contributed by atoms with E-state index in [-0.39, 0.29) is 0 Å². The van der Waals surface area contributed by atoms with Crippen LogP contribution in [0.1, 0.15) is 25.7 Å². The summed E-state index contributed by atoms with van der Waals surface area (Å²) in [5, 5.41) is 154. The number of hydrogen-bond acceptors (Lipinski definition) is 18. The van der Waals surface area contributed by atoms with Crippen molar-refractivity contribution >= 4 is 69.4 Å². The zero-order chi connectivity index (χ0) is 39.7. The van der Waals surface area contributed by atoms with Gasteiger partial charge in [-0.2, -0.15) is 0 Å². The number of rotatable bonds is 23. The summed E-state index contributed by atoms with van der Waals surface area (Å²) >= 11 is 2.73. The molecule has 0 aromatic rings. The number of hydrogen-bond donors (Lipinski definition) is 15. The van der Waals surface area contributed by atoms with Gasteiger partial charge in [0.15, 0.2) is 18.5 Å². The van der Waals surface area contributed by atoms with Crippen LogP contribution in [0.25, 0.3) is 0 Å². The number of halogens is 2. The third-order valence-electron chi connectivity index (χ3n) is 8.88. The van der Waals surface area contributed by atoms with Crippen LogP contribution >= 0.6 is 45.2 Å². The second-order valence-electron chi connectivity index (χ2n) is 12.3. The fraction of sp³-hybridized carbons (Fsp3) is 0.857. The van der Waals surface area contributed by atoms with Crippen molar-refractivity contribution in [2.24, 2.45) is 17.8 Å². The summed E-state index contributed by atoms with van der Waals surface area (Å²) in [4.78, 5) is 46.2. The van der Waals surface area contributed by atoms with E-state index >= 15 is 0 Å². The Morgan fingerprint density at radius 2 is 1.31 bits per heavy atom. The van der Waals surface area contributed by atoms with Gasteiger partial charge in [-0.1, -0.05) is 45.2 Å². The van der Waals surface area contributed by atoms with Crippen molar-refractivity contribution in [1.82, 2.24) is 0 Å². The van der Waals surface area contributed by atoms with Crippen LogP contribution in [0, 0.1) is 17.8 Å². The highest BCUT2D eigenvalue weighted by molar-refractivity contribution is 14.1. The summed E-state index contributed by atoms with van der Waals surface area (Å²) < 4.78 is 7.08. The van der Waals surface area contributed by atoms with Crippen molar-refractivity contribution in [1.29, 1.82) is 0 Å². The number of carboxylic acids is 3. The third kappa shape index (κ3) is 12.8. The first-order chi connectivity index (χ1) is 23.5. The molecule has 0 radical (unpaired) electrons. The van der Waals surface area contributed by atoms with Crippen LogP contribution in [-0.2, 0) is 28.7 Å². The maximum absolute atomic E-state index is 12.2. The molecule has 0 aliphatic carbocycles. The van der Waals surface area contributed by atoms with E-state index in [0.717, 1.165) is 7.11 Å². The van der Waals surface area contributed by atoms with Gasteiger partial charge in [0.05, 0.1) is 36.6 Å². The molecule has 51 heavy (non-hydrogen) atoms. The molecule has 1 fully saturated rings. The minimum atomic E-state index is -2.53. The molecular formula is C28H46I2O21. The van der Waals surface area contributed by atoms with Gasteiger partial charge in [-0.25, -0.2) is 9.59 Å². The van der Waals surface area contributed by atoms with Crippen molar-refractivity contribution < 1.29 is 105 Å². The lowest BCUT2D eigenvalue weighted by Crippen LogP contribution is -2.58. The van der Waals surface area contributed by atoms with E-state index in [1.807, 2.05) is 0 Å². The van der Waals surface area contributed by atoms with Crippen molar-refractivity contribution in [2.75, 3.05) is 7.11 Å². The van der Waals surface area contributed by atoms with Gasteiger partial charge in [0, 0.05) is 29.3 Å². The molecule has 0 aromatic heterocycles. The van der Waals surface area contributed by atoms with E-state index in [1.54, 1.807) is 0 Å². The molecule has 1 aliphatic heterocycles. The summed E-state index contributed by atoms with van der Waals surface area (Å²) in [6, 6.07) is 0. The van der Waals surface area contributed by atoms with Crippen molar-refractivity contribution in [3.05, 3.63) is 0 Å². The molecule has 21 nitrogen and oxygen atoms in total. The summed E-state index contributed by atoms with van der Waals surface area (Å²) in [6.45, 7) is 0. The lowest BCUT2D eigenvalue weighted by Gasteiger charge is -2.44. The predicted octanol–water partition coefficient (Wildman–Crippen LogP) is -5.84. The van der Waals surface area contributed by atoms with E-state index < -0.39 is 155 Å². The number of aliphatic hydroxyl groups is 12. The molecule has 1 saturated heterocycles. The molecule has 0 aromatic carbocycles. The Hall–Kier alpha value is -1.02. The highest BCUT2D eigenvalue weighted by atomic mass is 127. The number of alkyl halides is 2. The van der Waals surface area contributed by atoms with E-state index in [9.17, 15) is 90.7 Å². The molecule has 23 heteroatoms. The molecule has 298 valence electrons. The van der Waals surface area contributed by atoms with Crippen LogP contribution in [0.5, 0.6) is 0 Å². The second-order valence-corrected chi connectivity index (χ2v) is 15.2. The standard InChI is InChI=1S/C28H46I2O21/c1-50-28(49)23(42)14(33)7(2-3-31)4-12-20(39)16(35)9(24(51-12)27(47)48)5-10(29)18(37)15(34)8(17(36)26(45)46)6-11(32)19(38)22(41)21(40)13(30)25(43)44/h3,7-24,28,32-42,49H,2,4-6H2,1H3,(H,43,44)(H,45,46)(H,47,48). The molecule has 19 unspecified atom stereocenters. The molecule has 0 amide bonds. The first-order valence-electron chi connectivity index (χ1n) is 15.3. The van der Waals surface area contributed by atoms with Gasteiger partial charge in [-0.15, -0.1) is 0 Å². The van der Waals surface area contributed by atoms with E-state index in [0.29, 0.717) is 6.29 Å². The maximum atomic E-state index is 12.2. The van der Waals surface area contributed by atoms with Gasteiger partial charge in [0.1, 0.15) is 40.7 Å². The zero-order valence-corrected chi connectivity index (χ0v) is 31.1. The van der Waals surface area contributed by atoms with Gasteiger partial charge < -0.3 is 90.9 Å². The molecule has 0 bridgehead atoms. The van der Waals surface area contributed by atoms with Crippen molar-refractivity contribution in [2.45, 2.75) is 119 Å². The summed E-state index contributed by atoms with van der Waals surface area (Å²) in [6.07, 6.45) is -31.2. The van der Waals surface area contributed by atoms with Gasteiger partial charge >= 0.3 is 17.9 Å². The Balaban J connectivity index is 3.22. The predicted molar refractivity (Wildman–Crippen MR) is 181 cm³/mol. The Bertz CT molecular complexity index is 1120. The fourth-order valence-corrected chi connectivity index (χ4v) is 7.22. The average Bonchev–Trinajstić information content (AvgIpc) is 3.09. The molecule has 1 rings (SSSR count). The van der Waals surface area contributed by atoms with Gasteiger partial charge in [-0.05, 0) is 25.2 Å². The number of carboxylic acid groups (broad SMARTS) is 3. The number of aliphatic hydroxyl groups excluding tert-OH is 12. The van der Waals surface area contributed by atoms with Crippen LogP contribution in [0.3, 0.4) is 0 Å². The lowest BCUT2D eigenvalue weighted by atomic mass is 9.78. The van der Waals surface area contributed by atoms with Crippen LogP contribution in [-0.4, -0.2) is 201 Å². The zero-order valence-electron chi connectivity index (χ0n) is 26.8. The molecule has 1 aliphatic rings. The number of ether oxygens (including phenoxy) is 2. The Morgan fingerprint density at radius 3 is 1.78 bits per heavy atom. The minimum Gasteiger partial charge on any atom is -0.480 e. The topological polar surface area (TPSA) is 390 Å². The third-order valence-corrected chi connectivity index (χ3v) is 11.4. The number of aldehydes is 1. The van der Waals surface area contributed by atoms with E-state index in [4.69, 9.17) is 9.84 Å². The van der Waals surface area contributed by atoms with Crippen LogP contribution in [0.15, 0.2) is 0 Å². The van der Waals surface area contributed by atoms with Crippen LogP contribution < -0.4 is 0 Å². The number of methoxy groups -OCH3 is 1. The van der Waals surface area contributed by atoms with Gasteiger partial charge in [0.25, 0.3) is 0 Å². The molecular weight excluding hydrogens is 926 g/mol. The van der Waals surface area contributed by atoms with E-state index in [2.05, 4.69) is 4.74 Å². The Kier molecular flexibility index (Phi) is 20.5. The molecule has 15 N–H and O–H groups in total. The van der Waals surface area contributed by atoms with E-state index in [1.165, 1.54) is 45.2 Å². The monoisotopic (exact) mass is 972 g/mol. The van der Waals surface area contributed by atoms with Gasteiger partial charge in [0.2, 0.25) is 0 Å². The first-order valence-corrected chi connectivity index (χ1v) is 17.8. The summed E-state index contributed by atoms with van der Waals surface area (Å²) in [7, 11) is 1.01. The molecule has 0 saturated carbocycles. The highest BCUT2D eigenvalue weighted by Crippen LogP contribution is 2.37. The molecule has 1 heterocycles. The smallest absolute Gasteiger partial charge is 0.333 e. The normalized spacial score (nSPS) is 29.4. The number of carbonyl (C=O) groups excluding carboxylic acids is 1. The lowest BCUT2D eigenvalue weighted by molar-refractivity contribution is -0.222. The number of aliphatic carboxylic acids is 3. The maximum Gasteiger partial charge on any atom is 0.333 e. The van der Waals surface area contributed by atoms with Crippen LogP contribution in [0.4, 0.5) is 0 Å². The Morgan fingerprint density at radius 1 is 0.745 bits per heavy atom. The second kappa shape index (κ2) is 21.8. The number of carbonyl (C=O) groups is 4. The SMILES string of the molecule is COC(O)C(O)C(O)C(CC=O)CC1OC(C(=O)O)C(CC(I)C(O)C(O)C(CC(O)C(O)C(O)C(O)C(I)C(=O)O)C(O)C(=O)O)C(O)C1O. The summed E-state index contributed by atoms with van der Waals surface area (Å²) in [5.41, 5.74) is 0. The Labute approximate surface area is 317 Å². The largest absolute Gasteiger partial charge is 0.480 e. The van der Waals surface area contributed by atoms with Crippen molar-refractivity contribution in [3.8, 4) is 0 Å². The highest BCUT2D eigenvalue weighted by Gasteiger charge is 2.50. The average molecular weight is 972 g/mol. The fourth-order valence-electron chi connectivity index (χ4n) is 5.78. The first kappa shape index (κ1) is 48.0. The molecule has 0 spiro atoms. The summed E-state index contributed by atoms with van der Waals surface area (Å²) in [5.74, 6) is -10.0. The van der Waals surface area contributed by atoms with Crippen LogP contribution in [0.2, 0.25) is 0 Å².